The molecule has 0 bridgehead atoms. The van der Waals surface area contributed by atoms with Gasteiger partial charge in [0.25, 0.3) is 0 Å². The molecule has 0 radical (unpaired) electrons. The van der Waals surface area contributed by atoms with Crippen molar-refractivity contribution in [1.29, 1.82) is 0 Å². The Morgan fingerprint density at radius 3 is 1.89 bits per heavy atom. The van der Waals surface area contributed by atoms with E-state index in [0.717, 1.165) is 0 Å². The first kappa shape index (κ1) is 24.6. The average molecular weight is 304 g/mol. The number of phosphoric acid groups is 1. The normalized spacial score (nSPS) is 17.7. The van der Waals surface area contributed by atoms with E-state index >= 15 is 0 Å². The zero-order valence-electron chi connectivity index (χ0n) is 9.87. The third-order valence-electron chi connectivity index (χ3n) is 1.65. The number of rotatable bonds is 7. The van der Waals surface area contributed by atoms with E-state index in [2.05, 4.69) is 4.52 Å². The van der Waals surface area contributed by atoms with E-state index in [1.54, 1.807) is 0 Å². The van der Waals surface area contributed by atoms with Crippen molar-refractivity contribution in [1.82, 2.24) is 0 Å². The van der Waals surface area contributed by atoms with E-state index in [1.807, 2.05) is 0 Å². The summed E-state index contributed by atoms with van der Waals surface area (Å²) < 4.78 is 13.8. The minimum Gasteiger partial charge on any atom is -0.790 e. The number of aliphatic hydroxyl groups excluding tert-OH is 4. The quantitative estimate of drug-likeness (QED) is 0.202. The van der Waals surface area contributed by atoms with Gasteiger partial charge in [-0.15, -0.1) is 0 Å². The van der Waals surface area contributed by atoms with Crippen LogP contribution < -0.4 is 68.9 Å². The van der Waals surface area contributed by atoms with Crippen LogP contribution in [0.5, 0.6) is 0 Å². The molecule has 0 heterocycles. The number of hydrogen-bond acceptors (Lipinski definition) is 9. The monoisotopic (exact) mass is 304 g/mol. The standard InChI is InChI=1S/C6H13O9P.2Na/c7-1-3(9)5(10)6(11)4(2-8)15-16(12,13)14;;/h2-7,9-11H,1H2,(H2,12,13,14);;/q;2*+1/p-2/t3-,4+,5-,6-;;/m1../s1. The maximum absolute atomic E-state index is 10.3. The van der Waals surface area contributed by atoms with Gasteiger partial charge in [0.2, 0.25) is 0 Å². The Hall–Kier alpha value is 1.62. The van der Waals surface area contributed by atoms with Crippen molar-refractivity contribution in [3.8, 4) is 0 Å². The summed E-state index contributed by atoms with van der Waals surface area (Å²) in [4.78, 5) is 30.6. The second-order valence-electron chi connectivity index (χ2n) is 2.88. The van der Waals surface area contributed by atoms with Crippen LogP contribution in [0, 0.1) is 0 Å². The summed E-state index contributed by atoms with van der Waals surface area (Å²) in [6.07, 6.45) is -8.36. The summed E-state index contributed by atoms with van der Waals surface area (Å²) in [6.45, 7) is -0.934. The zero-order valence-corrected chi connectivity index (χ0v) is 14.8. The fourth-order valence-corrected chi connectivity index (χ4v) is 1.32. The van der Waals surface area contributed by atoms with E-state index in [-0.39, 0.29) is 65.4 Å². The summed E-state index contributed by atoms with van der Waals surface area (Å²) in [5.74, 6) is 0. The second-order valence-corrected chi connectivity index (χ2v) is 3.99. The Bertz CT molecular complexity index is 272. The average Bonchev–Trinajstić information content (AvgIpc) is 2.21. The van der Waals surface area contributed by atoms with Crippen LogP contribution >= 0.6 is 7.82 Å². The van der Waals surface area contributed by atoms with Crippen molar-refractivity contribution in [3.05, 3.63) is 0 Å². The van der Waals surface area contributed by atoms with E-state index in [0.29, 0.717) is 0 Å². The molecule has 0 fully saturated rings. The molecule has 0 spiro atoms. The van der Waals surface area contributed by atoms with Crippen molar-refractivity contribution in [2.24, 2.45) is 0 Å². The molecular formula is C6H11Na2O9P. The Morgan fingerprint density at radius 1 is 1.17 bits per heavy atom. The van der Waals surface area contributed by atoms with Gasteiger partial charge in [0.15, 0.2) is 6.29 Å². The Morgan fingerprint density at radius 2 is 1.61 bits per heavy atom. The van der Waals surface area contributed by atoms with Crippen molar-refractivity contribution in [2.75, 3.05) is 6.61 Å². The molecule has 12 heteroatoms. The molecule has 0 unspecified atom stereocenters. The first-order valence-corrected chi connectivity index (χ1v) is 5.49. The van der Waals surface area contributed by atoms with Gasteiger partial charge in [-0.05, 0) is 0 Å². The predicted octanol–water partition coefficient (Wildman–Crippen LogP) is -10.5. The molecule has 0 aromatic heterocycles. The maximum atomic E-state index is 10.3. The van der Waals surface area contributed by atoms with Gasteiger partial charge in [0.1, 0.15) is 24.4 Å². The van der Waals surface area contributed by atoms with Gasteiger partial charge < -0.3 is 44.1 Å². The Balaban J connectivity index is -0.00000112. The van der Waals surface area contributed by atoms with Crippen LogP contribution in [0.25, 0.3) is 0 Å². The number of phosphoric ester groups is 1. The zero-order chi connectivity index (χ0) is 12.9. The predicted molar refractivity (Wildman–Crippen MR) is 43.6 cm³/mol. The fourth-order valence-electron chi connectivity index (χ4n) is 0.847. The molecule has 0 aliphatic carbocycles. The van der Waals surface area contributed by atoms with Crippen molar-refractivity contribution in [3.63, 3.8) is 0 Å². The molecule has 0 aliphatic heterocycles. The van der Waals surface area contributed by atoms with Crippen LogP contribution in [-0.2, 0) is 13.9 Å². The van der Waals surface area contributed by atoms with Crippen molar-refractivity contribution in [2.45, 2.75) is 24.4 Å². The molecule has 4 N–H and O–H groups in total. The molecule has 0 amide bonds. The Kier molecular flexibility index (Phi) is 15.5. The number of hydrogen-bond donors (Lipinski definition) is 4. The SMILES string of the molecule is O=C[C@H](OP(=O)([O-])[O-])[C@@H](O)[C@H](O)[C@H](O)CO.[Na+].[Na+]. The summed E-state index contributed by atoms with van der Waals surface area (Å²) in [6, 6.07) is 0. The summed E-state index contributed by atoms with van der Waals surface area (Å²) in [5, 5.41) is 35.6. The van der Waals surface area contributed by atoms with Gasteiger partial charge in [-0.2, -0.15) is 0 Å². The van der Waals surface area contributed by atoms with E-state index in [9.17, 15) is 19.1 Å². The number of carbonyl (C=O) groups excluding carboxylic acids is 1. The molecule has 96 valence electrons. The summed E-state index contributed by atoms with van der Waals surface area (Å²) >= 11 is 0. The van der Waals surface area contributed by atoms with Crippen LogP contribution in [0.3, 0.4) is 0 Å². The second kappa shape index (κ2) is 11.3. The third kappa shape index (κ3) is 9.51. The first-order chi connectivity index (χ1) is 7.22. The number of aldehydes is 1. The van der Waals surface area contributed by atoms with Gasteiger partial charge in [-0.3, -0.25) is 0 Å². The molecule has 18 heavy (non-hydrogen) atoms. The third-order valence-corrected chi connectivity index (χ3v) is 2.15. The Labute approximate surface area is 147 Å². The van der Waals surface area contributed by atoms with Gasteiger partial charge in [0.05, 0.1) is 14.4 Å². The molecule has 0 saturated carbocycles. The van der Waals surface area contributed by atoms with Crippen molar-refractivity contribution >= 4 is 14.1 Å². The molecule has 4 atom stereocenters. The molecule has 0 saturated heterocycles. The molecular weight excluding hydrogens is 293 g/mol. The first-order valence-electron chi connectivity index (χ1n) is 4.03. The largest absolute Gasteiger partial charge is 1.00 e. The fraction of sp³-hybridized carbons (Fsp3) is 0.833. The molecule has 0 aromatic rings. The van der Waals surface area contributed by atoms with Crippen LogP contribution in [0.2, 0.25) is 0 Å². The van der Waals surface area contributed by atoms with Gasteiger partial charge in [0, 0.05) is 0 Å². The van der Waals surface area contributed by atoms with E-state index in [4.69, 9.17) is 20.4 Å². The summed E-state index contributed by atoms with van der Waals surface area (Å²) in [5.41, 5.74) is 0. The van der Waals surface area contributed by atoms with Crippen LogP contribution in [-0.4, -0.2) is 57.7 Å². The topological polar surface area (TPSA) is 170 Å². The molecule has 0 aromatic carbocycles. The smallest absolute Gasteiger partial charge is 0.790 e. The molecule has 0 rings (SSSR count). The minimum atomic E-state index is -5.52. The van der Waals surface area contributed by atoms with Gasteiger partial charge in [-0.25, -0.2) is 0 Å². The van der Waals surface area contributed by atoms with Crippen LogP contribution in [0.1, 0.15) is 0 Å². The van der Waals surface area contributed by atoms with E-state index < -0.39 is 38.8 Å². The van der Waals surface area contributed by atoms with Gasteiger partial charge in [-0.1, -0.05) is 0 Å². The summed E-state index contributed by atoms with van der Waals surface area (Å²) in [7, 11) is -5.52. The van der Waals surface area contributed by atoms with Crippen LogP contribution in [0.15, 0.2) is 0 Å². The molecule has 0 aliphatic rings. The number of carbonyl (C=O) groups is 1. The van der Waals surface area contributed by atoms with E-state index in [1.165, 1.54) is 0 Å². The number of aliphatic hydroxyl groups is 4. The minimum absolute atomic E-state index is 0. The maximum Gasteiger partial charge on any atom is 1.00 e. The van der Waals surface area contributed by atoms with Gasteiger partial charge >= 0.3 is 59.1 Å². The van der Waals surface area contributed by atoms with Crippen LogP contribution in [0.4, 0.5) is 0 Å². The molecule has 9 nitrogen and oxygen atoms in total. The van der Waals surface area contributed by atoms with Crippen molar-refractivity contribution < 1.29 is 103 Å².